The summed E-state index contributed by atoms with van der Waals surface area (Å²) in [5.41, 5.74) is 2.79. The van der Waals surface area contributed by atoms with Gasteiger partial charge in [-0.05, 0) is 93.7 Å². The highest BCUT2D eigenvalue weighted by atomic mass is 35.5. The Balaban J connectivity index is 1.22. The lowest BCUT2D eigenvalue weighted by Crippen LogP contribution is -2.44. The number of carbonyl (C=O) groups is 1. The third kappa shape index (κ3) is 5.66. The molecule has 35 heavy (non-hydrogen) atoms. The molecule has 6 nitrogen and oxygen atoms in total. The smallest absolute Gasteiger partial charge is 0.262 e. The summed E-state index contributed by atoms with van der Waals surface area (Å²) in [4.78, 5) is 22.5. The van der Waals surface area contributed by atoms with Gasteiger partial charge in [-0.25, -0.2) is 4.98 Å². The first-order valence-corrected chi connectivity index (χ1v) is 13.0. The van der Waals surface area contributed by atoms with Gasteiger partial charge in [0.25, 0.3) is 5.91 Å². The van der Waals surface area contributed by atoms with E-state index in [0.29, 0.717) is 21.5 Å². The van der Waals surface area contributed by atoms with E-state index in [4.69, 9.17) is 32.9 Å². The Bertz CT molecular complexity index is 1220. The van der Waals surface area contributed by atoms with Crippen LogP contribution in [-0.2, 0) is 4.79 Å². The number of rotatable bonds is 6. The predicted octanol–water partition coefficient (Wildman–Crippen LogP) is 5.93. The number of fused-ring (bicyclic) bond motifs is 1. The molecule has 2 saturated heterocycles. The van der Waals surface area contributed by atoms with Crippen LogP contribution in [0.5, 0.6) is 5.75 Å². The summed E-state index contributed by atoms with van der Waals surface area (Å²) in [6.45, 7) is 6.57. The van der Waals surface area contributed by atoms with Gasteiger partial charge in [-0.3, -0.25) is 4.79 Å². The molecule has 0 radical (unpaired) electrons. The number of piperidine rings is 1. The van der Waals surface area contributed by atoms with Gasteiger partial charge in [-0.1, -0.05) is 23.2 Å². The average molecular weight is 513 g/mol. The van der Waals surface area contributed by atoms with Crippen molar-refractivity contribution in [3.8, 4) is 5.75 Å². The number of aryl methyl sites for hydroxylation is 1. The third-order valence-electron chi connectivity index (χ3n) is 6.98. The second kappa shape index (κ2) is 10.6. The van der Waals surface area contributed by atoms with Crippen LogP contribution in [0.3, 0.4) is 0 Å². The molecule has 1 N–H and O–H groups in total. The second-order valence-electron chi connectivity index (χ2n) is 9.40. The summed E-state index contributed by atoms with van der Waals surface area (Å²) in [6.07, 6.45) is 5.09. The summed E-state index contributed by atoms with van der Waals surface area (Å²) >= 11 is 12.0. The van der Waals surface area contributed by atoms with Gasteiger partial charge in [-0.2, -0.15) is 0 Å². The summed E-state index contributed by atoms with van der Waals surface area (Å²) in [5, 5.41) is 4.81. The van der Waals surface area contributed by atoms with Crippen LogP contribution in [0.25, 0.3) is 10.9 Å². The number of halogens is 2. The first kappa shape index (κ1) is 24.2. The highest BCUT2D eigenvalue weighted by Crippen LogP contribution is 2.29. The molecular formula is C27H30Cl2N4O2. The van der Waals surface area contributed by atoms with Crippen LogP contribution in [0.2, 0.25) is 10.0 Å². The van der Waals surface area contributed by atoms with E-state index < -0.39 is 0 Å². The SMILES string of the molecule is Cc1cc(N2CCC(N3CCCC3)CC2)nc2ccc(NC(=O)COc3ccc(Cl)cc3Cl)cc12. The molecule has 2 fully saturated rings. The fourth-order valence-corrected chi connectivity index (χ4v) is 5.58. The first-order valence-electron chi connectivity index (χ1n) is 12.2. The zero-order chi connectivity index (χ0) is 24.4. The van der Waals surface area contributed by atoms with E-state index in [-0.39, 0.29) is 12.5 Å². The maximum Gasteiger partial charge on any atom is 0.262 e. The zero-order valence-electron chi connectivity index (χ0n) is 19.9. The molecule has 0 bridgehead atoms. The van der Waals surface area contributed by atoms with Gasteiger partial charge >= 0.3 is 0 Å². The number of pyridine rings is 1. The van der Waals surface area contributed by atoms with Gasteiger partial charge in [0.1, 0.15) is 11.6 Å². The summed E-state index contributed by atoms with van der Waals surface area (Å²) in [7, 11) is 0. The van der Waals surface area contributed by atoms with Crippen molar-refractivity contribution in [1.29, 1.82) is 0 Å². The molecule has 8 heteroatoms. The Hall–Kier alpha value is -2.54. The molecule has 0 unspecified atom stereocenters. The van der Waals surface area contributed by atoms with Gasteiger partial charge < -0.3 is 19.9 Å². The average Bonchev–Trinajstić information content (AvgIpc) is 3.39. The van der Waals surface area contributed by atoms with E-state index in [1.54, 1.807) is 18.2 Å². The van der Waals surface area contributed by atoms with E-state index in [0.717, 1.165) is 41.4 Å². The molecule has 2 aliphatic heterocycles. The maximum absolute atomic E-state index is 12.4. The zero-order valence-corrected chi connectivity index (χ0v) is 21.4. The number of aromatic nitrogens is 1. The fourth-order valence-electron chi connectivity index (χ4n) is 5.12. The fraction of sp³-hybridized carbons (Fsp3) is 0.407. The van der Waals surface area contributed by atoms with Gasteiger partial charge in [0.15, 0.2) is 6.61 Å². The van der Waals surface area contributed by atoms with Crippen LogP contribution >= 0.6 is 23.2 Å². The number of nitrogens with one attached hydrogen (secondary N) is 1. The van der Waals surface area contributed by atoms with Crippen molar-refractivity contribution in [3.63, 3.8) is 0 Å². The Morgan fingerprint density at radius 1 is 1.06 bits per heavy atom. The minimum atomic E-state index is -0.265. The van der Waals surface area contributed by atoms with E-state index in [2.05, 4.69) is 28.1 Å². The normalized spacial score (nSPS) is 17.2. The number of ether oxygens (including phenoxy) is 1. The standard InChI is InChI=1S/C27H30Cl2N4O2/c1-18-14-26(33-12-8-21(9-13-33)32-10-2-3-11-32)31-24-6-5-20(16-22(18)24)30-27(34)17-35-25-7-4-19(28)15-23(25)29/h4-7,14-16,21H,2-3,8-13,17H2,1H3,(H,30,34). The Morgan fingerprint density at radius 3 is 2.57 bits per heavy atom. The van der Waals surface area contributed by atoms with Crippen LogP contribution in [0.4, 0.5) is 11.5 Å². The van der Waals surface area contributed by atoms with Crippen molar-refractivity contribution < 1.29 is 9.53 Å². The number of amides is 1. The number of hydrogen-bond donors (Lipinski definition) is 1. The van der Waals surface area contributed by atoms with Gasteiger partial charge in [-0.15, -0.1) is 0 Å². The molecule has 1 aromatic heterocycles. The molecule has 2 aliphatic rings. The predicted molar refractivity (Wildman–Crippen MR) is 143 cm³/mol. The Morgan fingerprint density at radius 2 is 1.83 bits per heavy atom. The minimum Gasteiger partial charge on any atom is -0.482 e. The molecule has 3 aromatic rings. The van der Waals surface area contributed by atoms with Crippen molar-refractivity contribution in [1.82, 2.24) is 9.88 Å². The number of likely N-dealkylation sites (tertiary alicyclic amines) is 1. The number of anilines is 2. The van der Waals surface area contributed by atoms with Crippen molar-refractivity contribution >= 4 is 51.5 Å². The van der Waals surface area contributed by atoms with Gasteiger partial charge in [0.2, 0.25) is 0 Å². The van der Waals surface area contributed by atoms with Gasteiger partial charge in [0, 0.05) is 35.2 Å². The largest absolute Gasteiger partial charge is 0.482 e. The summed E-state index contributed by atoms with van der Waals surface area (Å²) in [5.74, 6) is 1.19. The van der Waals surface area contributed by atoms with Crippen molar-refractivity contribution in [3.05, 3.63) is 58.1 Å². The highest BCUT2D eigenvalue weighted by Gasteiger charge is 2.27. The number of carbonyl (C=O) groups excluding carboxylic acids is 1. The minimum absolute atomic E-state index is 0.150. The van der Waals surface area contributed by atoms with E-state index >= 15 is 0 Å². The molecule has 0 saturated carbocycles. The van der Waals surface area contributed by atoms with Crippen LogP contribution in [0, 0.1) is 6.92 Å². The van der Waals surface area contributed by atoms with Crippen molar-refractivity contribution in [2.24, 2.45) is 0 Å². The van der Waals surface area contributed by atoms with Gasteiger partial charge in [0.05, 0.1) is 10.5 Å². The molecule has 5 rings (SSSR count). The summed E-state index contributed by atoms with van der Waals surface area (Å²) in [6, 6.07) is 13.6. The second-order valence-corrected chi connectivity index (χ2v) is 10.2. The molecule has 0 atom stereocenters. The third-order valence-corrected chi connectivity index (χ3v) is 7.51. The van der Waals surface area contributed by atoms with Crippen LogP contribution in [-0.4, -0.2) is 54.6 Å². The van der Waals surface area contributed by atoms with Crippen molar-refractivity contribution in [2.75, 3.05) is 43.0 Å². The summed E-state index contributed by atoms with van der Waals surface area (Å²) < 4.78 is 5.54. The Labute approximate surface area is 216 Å². The lowest BCUT2D eigenvalue weighted by atomic mass is 10.0. The van der Waals surface area contributed by atoms with Crippen LogP contribution < -0.4 is 15.0 Å². The lowest BCUT2D eigenvalue weighted by Gasteiger charge is -2.37. The first-order chi connectivity index (χ1) is 17.0. The molecule has 0 spiro atoms. The number of hydrogen-bond acceptors (Lipinski definition) is 5. The number of nitrogens with zero attached hydrogens (tertiary/aromatic N) is 3. The molecule has 3 heterocycles. The van der Waals surface area contributed by atoms with Crippen LogP contribution in [0.1, 0.15) is 31.2 Å². The number of benzene rings is 2. The van der Waals surface area contributed by atoms with E-state index in [9.17, 15) is 4.79 Å². The molecule has 0 aliphatic carbocycles. The topological polar surface area (TPSA) is 57.7 Å². The monoisotopic (exact) mass is 512 g/mol. The highest BCUT2D eigenvalue weighted by molar-refractivity contribution is 6.35. The van der Waals surface area contributed by atoms with Crippen molar-refractivity contribution in [2.45, 2.75) is 38.6 Å². The quantitative estimate of drug-likeness (QED) is 0.443. The lowest BCUT2D eigenvalue weighted by molar-refractivity contribution is -0.118. The van der Waals surface area contributed by atoms with E-state index in [1.165, 1.54) is 38.8 Å². The molecular weight excluding hydrogens is 483 g/mol. The van der Waals surface area contributed by atoms with Crippen LogP contribution in [0.15, 0.2) is 42.5 Å². The van der Waals surface area contributed by atoms with E-state index in [1.807, 2.05) is 18.2 Å². The molecule has 2 aromatic carbocycles. The Kier molecular flexibility index (Phi) is 7.32. The maximum atomic E-state index is 12.4. The molecule has 1 amide bonds. The molecule has 184 valence electrons.